The molecule has 4 heterocycles. The second-order valence-electron chi connectivity index (χ2n) is 10.8. The number of aromatic nitrogens is 4. The molecule has 1 saturated heterocycles. The fourth-order valence-corrected chi connectivity index (χ4v) is 5.57. The Bertz CT molecular complexity index is 1560. The van der Waals surface area contributed by atoms with Crippen LogP contribution in [0.25, 0.3) is 22.2 Å². The highest BCUT2D eigenvalue weighted by Gasteiger charge is 2.25. The van der Waals surface area contributed by atoms with Crippen LogP contribution in [0.2, 0.25) is 0 Å². The molecule has 226 valence electrons. The van der Waals surface area contributed by atoms with Gasteiger partial charge in [0.25, 0.3) is 12.3 Å². The molecule has 0 bridgehead atoms. The lowest BCUT2D eigenvalue weighted by atomic mass is 9.96. The summed E-state index contributed by atoms with van der Waals surface area (Å²) in [5.41, 5.74) is 2.99. The van der Waals surface area contributed by atoms with E-state index in [0.29, 0.717) is 42.0 Å². The number of anilines is 2. The molecule has 1 amide bonds. The minimum Gasteiger partial charge on any atom is -0.369 e. The molecule has 0 spiro atoms. The molecule has 43 heavy (non-hydrogen) atoms. The lowest BCUT2D eigenvalue weighted by molar-refractivity contribution is 0.0754. The summed E-state index contributed by atoms with van der Waals surface area (Å²) in [5.74, 6) is 0.268. The van der Waals surface area contributed by atoms with Crippen molar-refractivity contribution in [3.8, 4) is 11.3 Å². The van der Waals surface area contributed by atoms with Crippen LogP contribution in [0, 0.1) is 5.82 Å². The van der Waals surface area contributed by atoms with Crippen molar-refractivity contribution >= 4 is 28.4 Å². The Hall–Kier alpha value is -4.32. The van der Waals surface area contributed by atoms with E-state index in [1.165, 1.54) is 13.4 Å². The zero-order chi connectivity index (χ0) is 30.5. The molecule has 1 aliphatic rings. The molecule has 12 heteroatoms. The topological polar surface area (TPSA) is 99.2 Å². The average molecular weight is 593 g/mol. The van der Waals surface area contributed by atoms with Crippen molar-refractivity contribution in [1.82, 2.24) is 30.2 Å². The number of amides is 1. The number of alkyl halides is 2. The van der Waals surface area contributed by atoms with Gasteiger partial charge in [-0.3, -0.25) is 14.7 Å². The number of hydrogen-bond donors (Lipinski definition) is 2. The molecule has 0 aliphatic carbocycles. The molecule has 1 atom stereocenters. The van der Waals surface area contributed by atoms with Crippen LogP contribution < -0.4 is 15.5 Å². The summed E-state index contributed by atoms with van der Waals surface area (Å²) in [7, 11) is 3.46. The summed E-state index contributed by atoms with van der Waals surface area (Å²) in [6, 6.07) is 11.4. The molecule has 9 nitrogen and oxygen atoms in total. The second kappa shape index (κ2) is 13.3. The van der Waals surface area contributed by atoms with Gasteiger partial charge in [-0.2, -0.15) is 0 Å². The predicted octanol–water partition coefficient (Wildman–Crippen LogP) is 4.97. The van der Waals surface area contributed by atoms with Gasteiger partial charge in [-0.25, -0.2) is 28.1 Å². The molecule has 3 aromatic heterocycles. The number of hydrogen-bond acceptors (Lipinski definition) is 8. The second-order valence-corrected chi connectivity index (χ2v) is 10.8. The summed E-state index contributed by atoms with van der Waals surface area (Å²) in [6.07, 6.45) is 3.68. The minimum atomic E-state index is -2.30. The third-order valence-corrected chi connectivity index (χ3v) is 8.03. The van der Waals surface area contributed by atoms with Gasteiger partial charge in [0, 0.05) is 68.9 Å². The maximum Gasteiger partial charge on any atom is 0.254 e. The van der Waals surface area contributed by atoms with E-state index in [2.05, 4.69) is 35.5 Å². The van der Waals surface area contributed by atoms with Gasteiger partial charge in [-0.15, -0.1) is 0 Å². The molecule has 1 fully saturated rings. The fourth-order valence-electron chi connectivity index (χ4n) is 5.57. The van der Waals surface area contributed by atoms with Crippen LogP contribution >= 0.6 is 0 Å². The number of rotatable bonds is 10. The molecule has 1 aliphatic heterocycles. The molecule has 0 saturated carbocycles. The van der Waals surface area contributed by atoms with E-state index in [9.17, 15) is 18.0 Å². The van der Waals surface area contributed by atoms with E-state index in [4.69, 9.17) is 0 Å². The number of para-hydroxylation sites is 1. The van der Waals surface area contributed by atoms with Crippen LogP contribution in [0.3, 0.4) is 0 Å². The first-order valence-corrected chi connectivity index (χ1v) is 14.3. The molecular formula is C31H35F3N8O. The third-order valence-electron chi connectivity index (χ3n) is 8.03. The van der Waals surface area contributed by atoms with Crippen molar-refractivity contribution in [2.75, 3.05) is 50.5 Å². The average Bonchev–Trinajstić information content (AvgIpc) is 3.03. The molecule has 4 aromatic rings. The molecule has 2 N–H and O–H groups in total. The fraction of sp³-hybridized carbons (Fsp3) is 0.387. The van der Waals surface area contributed by atoms with E-state index in [1.807, 2.05) is 43.1 Å². The van der Waals surface area contributed by atoms with Gasteiger partial charge in [-0.05, 0) is 30.5 Å². The van der Waals surface area contributed by atoms with Crippen molar-refractivity contribution in [1.29, 1.82) is 0 Å². The summed E-state index contributed by atoms with van der Waals surface area (Å²) < 4.78 is 39.9. The lowest BCUT2D eigenvalue weighted by Crippen LogP contribution is -2.45. The number of nitrogens with zero attached hydrogens (tertiary/aromatic N) is 6. The maximum atomic E-state index is 14.5. The summed E-state index contributed by atoms with van der Waals surface area (Å²) in [5, 5.41) is 6.31. The first-order valence-electron chi connectivity index (χ1n) is 14.3. The number of carbonyl (C=O) groups is 1. The standard InChI is InChI=1S/C31H35F3N8O/c1-19(22-5-4-6-23-29(31(43)35-2)24(32)16-38-30(22)23)14-36-27-13-25(39-18-40-27)20-7-8-28(37-15-20)41(3)21-9-11-42(12-10-21)17-26(33)34/h4-8,13,15-16,18-19,21,26H,9-12,14,17H2,1-3H3,(H,35,43)(H,36,39,40)/t19-/m1/s1. The quantitative estimate of drug-likeness (QED) is 0.267. The Morgan fingerprint density at radius 3 is 2.58 bits per heavy atom. The first-order chi connectivity index (χ1) is 20.7. The normalized spacial score (nSPS) is 15.0. The maximum absolute atomic E-state index is 14.5. The van der Waals surface area contributed by atoms with Crippen LogP contribution in [0.4, 0.5) is 24.8 Å². The largest absolute Gasteiger partial charge is 0.369 e. The van der Waals surface area contributed by atoms with Crippen molar-refractivity contribution in [3.05, 3.63) is 72.1 Å². The molecule has 0 radical (unpaired) electrons. The number of nitrogens with one attached hydrogen (secondary N) is 2. The number of fused-ring (bicyclic) bond motifs is 1. The SMILES string of the molecule is CNC(=O)c1c(F)cnc2c([C@H](C)CNc3cc(-c4ccc(N(C)C5CCN(CC(F)F)CC5)nc4)ncn3)cccc12. The summed E-state index contributed by atoms with van der Waals surface area (Å²) >= 11 is 0. The van der Waals surface area contributed by atoms with Gasteiger partial charge in [0.2, 0.25) is 0 Å². The highest BCUT2D eigenvalue weighted by molar-refractivity contribution is 6.06. The minimum absolute atomic E-state index is 0.0176. The van der Waals surface area contributed by atoms with Crippen molar-refractivity contribution < 1.29 is 18.0 Å². The Morgan fingerprint density at radius 2 is 1.88 bits per heavy atom. The van der Waals surface area contributed by atoms with Gasteiger partial charge < -0.3 is 15.5 Å². The molecule has 5 rings (SSSR count). The van der Waals surface area contributed by atoms with E-state index in [0.717, 1.165) is 36.0 Å². The van der Waals surface area contributed by atoms with E-state index >= 15 is 0 Å². The number of likely N-dealkylation sites (tertiary alicyclic amines) is 1. The number of pyridine rings is 2. The lowest BCUT2D eigenvalue weighted by Gasteiger charge is -2.37. The Labute approximate surface area is 248 Å². The van der Waals surface area contributed by atoms with Crippen molar-refractivity contribution in [3.63, 3.8) is 0 Å². The van der Waals surface area contributed by atoms with Gasteiger partial charge >= 0.3 is 0 Å². The molecule has 1 aromatic carbocycles. The smallest absolute Gasteiger partial charge is 0.254 e. The van der Waals surface area contributed by atoms with Gasteiger partial charge in [0.05, 0.1) is 29.5 Å². The van der Waals surface area contributed by atoms with Crippen molar-refractivity contribution in [2.45, 2.75) is 38.2 Å². The highest BCUT2D eigenvalue weighted by atomic mass is 19.3. The number of carbonyl (C=O) groups excluding carboxylic acids is 1. The number of benzene rings is 1. The van der Waals surface area contributed by atoms with Crippen LogP contribution in [0.1, 0.15) is 41.6 Å². The van der Waals surface area contributed by atoms with E-state index in [-0.39, 0.29) is 24.1 Å². The van der Waals surface area contributed by atoms with Gasteiger partial charge in [-0.1, -0.05) is 25.1 Å². The third kappa shape index (κ3) is 6.85. The predicted molar refractivity (Wildman–Crippen MR) is 161 cm³/mol. The Morgan fingerprint density at radius 1 is 1.09 bits per heavy atom. The Kier molecular flexibility index (Phi) is 9.34. The number of halogens is 3. The van der Waals surface area contributed by atoms with Crippen molar-refractivity contribution in [2.24, 2.45) is 0 Å². The van der Waals surface area contributed by atoms with Crippen LogP contribution in [-0.4, -0.2) is 83.5 Å². The van der Waals surface area contributed by atoms with E-state index < -0.39 is 18.1 Å². The van der Waals surface area contributed by atoms with Crippen LogP contribution in [0.15, 0.2) is 55.1 Å². The molecule has 0 unspecified atom stereocenters. The van der Waals surface area contributed by atoms with Gasteiger partial charge in [0.1, 0.15) is 18.0 Å². The van der Waals surface area contributed by atoms with Crippen LogP contribution in [0.5, 0.6) is 0 Å². The summed E-state index contributed by atoms with van der Waals surface area (Å²) in [4.78, 5) is 34.0. The zero-order valence-electron chi connectivity index (χ0n) is 24.4. The van der Waals surface area contributed by atoms with Gasteiger partial charge in [0.15, 0.2) is 5.82 Å². The van der Waals surface area contributed by atoms with E-state index in [1.54, 1.807) is 18.3 Å². The first kappa shape index (κ1) is 30.1. The highest BCUT2D eigenvalue weighted by Crippen LogP contribution is 2.29. The number of piperidine rings is 1. The summed E-state index contributed by atoms with van der Waals surface area (Å²) in [6.45, 7) is 3.68. The monoisotopic (exact) mass is 592 g/mol. The molecular weight excluding hydrogens is 557 g/mol. The Balaban J connectivity index is 1.24. The van der Waals surface area contributed by atoms with Crippen LogP contribution in [-0.2, 0) is 0 Å². The zero-order valence-corrected chi connectivity index (χ0v) is 24.4.